The number of aliphatic carboxylic acids is 1. The topological polar surface area (TPSA) is 57.5 Å². The van der Waals surface area contributed by atoms with E-state index in [4.69, 9.17) is 10.2 Å². The SMILES string of the molecule is CCC[C@H]1[C@H](CO)[C@H]1C(=O)O. The number of rotatable bonds is 4. The van der Waals surface area contributed by atoms with Crippen molar-refractivity contribution in [3.8, 4) is 0 Å². The highest BCUT2D eigenvalue weighted by Crippen LogP contribution is 2.48. The molecule has 0 heterocycles. The molecule has 0 bridgehead atoms. The first-order valence-electron chi connectivity index (χ1n) is 4.06. The maximum Gasteiger partial charge on any atom is 0.307 e. The molecule has 1 saturated carbocycles. The molecule has 3 nitrogen and oxygen atoms in total. The van der Waals surface area contributed by atoms with E-state index in [-0.39, 0.29) is 24.4 Å². The van der Waals surface area contributed by atoms with Crippen LogP contribution < -0.4 is 0 Å². The van der Waals surface area contributed by atoms with Crippen molar-refractivity contribution in [3.63, 3.8) is 0 Å². The summed E-state index contributed by atoms with van der Waals surface area (Å²) in [5, 5.41) is 17.4. The van der Waals surface area contributed by atoms with Gasteiger partial charge in [-0.1, -0.05) is 13.3 Å². The van der Waals surface area contributed by atoms with Gasteiger partial charge in [0.2, 0.25) is 0 Å². The Kier molecular flexibility index (Phi) is 2.49. The van der Waals surface area contributed by atoms with E-state index < -0.39 is 5.97 Å². The lowest BCUT2D eigenvalue weighted by Gasteiger charge is -1.90. The van der Waals surface area contributed by atoms with Gasteiger partial charge in [-0.2, -0.15) is 0 Å². The number of aliphatic hydroxyl groups is 1. The molecule has 1 rings (SSSR count). The van der Waals surface area contributed by atoms with Crippen molar-refractivity contribution < 1.29 is 15.0 Å². The molecule has 0 amide bonds. The zero-order valence-electron chi connectivity index (χ0n) is 6.66. The molecule has 0 aliphatic heterocycles. The summed E-state index contributed by atoms with van der Waals surface area (Å²) < 4.78 is 0. The first-order valence-corrected chi connectivity index (χ1v) is 4.06. The van der Waals surface area contributed by atoms with E-state index in [2.05, 4.69) is 0 Å². The summed E-state index contributed by atoms with van der Waals surface area (Å²) in [5.41, 5.74) is 0. The molecule has 0 spiro atoms. The molecule has 0 unspecified atom stereocenters. The van der Waals surface area contributed by atoms with Gasteiger partial charge in [0.05, 0.1) is 5.92 Å². The lowest BCUT2D eigenvalue weighted by atomic mass is 10.2. The maximum absolute atomic E-state index is 10.5. The van der Waals surface area contributed by atoms with E-state index in [0.29, 0.717) is 0 Å². The number of carbonyl (C=O) groups is 1. The van der Waals surface area contributed by atoms with Crippen LogP contribution in [0.5, 0.6) is 0 Å². The van der Waals surface area contributed by atoms with Crippen molar-refractivity contribution in [1.29, 1.82) is 0 Å². The summed E-state index contributed by atoms with van der Waals surface area (Å²) in [7, 11) is 0. The van der Waals surface area contributed by atoms with Crippen LogP contribution >= 0.6 is 0 Å². The summed E-state index contributed by atoms with van der Waals surface area (Å²) in [6, 6.07) is 0. The smallest absolute Gasteiger partial charge is 0.307 e. The van der Waals surface area contributed by atoms with Gasteiger partial charge in [0.1, 0.15) is 0 Å². The highest BCUT2D eigenvalue weighted by Gasteiger charge is 2.53. The highest BCUT2D eigenvalue weighted by atomic mass is 16.4. The van der Waals surface area contributed by atoms with Gasteiger partial charge in [-0.05, 0) is 18.3 Å². The monoisotopic (exact) mass is 158 g/mol. The van der Waals surface area contributed by atoms with Gasteiger partial charge in [0, 0.05) is 6.61 Å². The van der Waals surface area contributed by atoms with Crippen molar-refractivity contribution in [2.75, 3.05) is 6.61 Å². The van der Waals surface area contributed by atoms with E-state index in [1.165, 1.54) is 0 Å². The zero-order valence-corrected chi connectivity index (χ0v) is 6.66. The predicted molar refractivity (Wildman–Crippen MR) is 40.1 cm³/mol. The quantitative estimate of drug-likeness (QED) is 0.634. The molecule has 3 heteroatoms. The Labute approximate surface area is 66.0 Å². The summed E-state index contributed by atoms with van der Waals surface area (Å²) >= 11 is 0. The molecular formula is C8H14O3. The molecule has 1 aliphatic rings. The van der Waals surface area contributed by atoms with Crippen LogP contribution in [0.25, 0.3) is 0 Å². The summed E-state index contributed by atoms with van der Waals surface area (Å²) in [4.78, 5) is 10.5. The number of hydrogen-bond acceptors (Lipinski definition) is 2. The lowest BCUT2D eigenvalue weighted by Crippen LogP contribution is -2.01. The molecule has 11 heavy (non-hydrogen) atoms. The van der Waals surface area contributed by atoms with Gasteiger partial charge in [-0.15, -0.1) is 0 Å². The van der Waals surface area contributed by atoms with Gasteiger partial charge >= 0.3 is 5.97 Å². The van der Waals surface area contributed by atoms with E-state index in [1.54, 1.807) is 0 Å². The molecule has 0 saturated heterocycles. The Morgan fingerprint density at radius 3 is 2.36 bits per heavy atom. The minimum atomic E-state index is -0.748. The molecule has 0 aromatic carbocycles. The second-order valence-electron chi connectivity index (χ2n) is 3.16. The van der Waals surface area contributed by atoms with Crippen LogP contribution in [0.2, 0.25) is 0 Å². The Balaban J connectivity index is 2.39. The van der Waals surface area contributed by atoms with E-state index >= 15 is 0 Å². The molecule has 1 aliphatic carbocycles. The molecule has 3 atom stereocenters. The minimum Gasteiger partial charge on any atom is -0.481 e. The molecule has 0 aromatic heterocycles. The van der Waals surface area contributed by atoms with Gasteiger partial charge in [-0.3, -0.25) is 4.79 Å². The maximum atomic E-state index is 10.5. The first-order chi connectivity index (χ1) is 5.22. The summed E-state index contributed by atoms with van der Waals surface area (Å²) in [6.07, 6.45) is 1.94. The second-order valence-corrected chi connectivity index (χ2v) is 3.16. The average Bonchev–Trinajstić information content (AvgIpc) is 2.63. The molecular weight excluding hydrogens is 144 g/mol. The highest BCUT2D eigenvalue weighted by molar-refractivity contribution is 5.74. The number of carboxylic acids is 1. The van der Waals surface area contributed by atoms with Gasteiger partial charge in [0.15, 0.2) is 0 Å². The third-order valence-corrected chi connectivity index (χ3v) is 2.45. The molecule has 1 fully saturated rings. The van der Waals surface area contributed by atoms with E-state index in [1.807, 2.05) is 6.92 Å². The van der Waals surface area contributed by atoms with Gasteiger partial charge in [-0.25, -0.2) is 0 Å². The fraction of sp³-hybridized carbons (Fsp3) is 0.875. The fourth-order valence-corrected chi connectivity index (χ4v) is 1.79. The Morgan fingerprint density at radius 2 is 2.09 bits per heavy atom. The Bertz CT molecular complexity index is 155. The fourth-order valence-electron chi connectivity index (χ4n) is 1.79. The van der Waals surface area contributed by atoms with Crippen LogP contribution in [0.3, 0.4) is 0 Å². The molecule has 64 valence electrons. The second kappa shape index (κ2) is 3.22. The zero-order chi connectivity index (χ0) is 8.43. The third-order valence-electron chi connectivity index (χ3n) is 2.45. The number of hydrogen-bond donors (Lipinski definition) is 2. The number of carboxylic acid groups (broad SMARTS) is 1. The van der Waals surface area contributed by atoms with Crippen LogP contribution in [-0.2, 0) is 4.79 Å². The van der Waals surface area contributed by atoms with Crippen LogP contribution in [-0.4, -0.2) is 22.8 Å². The minimum absolute atomic E-state index is 0.0294. The summed E-state index contributed by atoms with van der Waals surface area (Å²) in [5.74, 6) is -0.739. The largest absolute Gasteiger partial charge is 0.481 e. The Hall–Kier alpha value is -0.570. The van der Waals surface area contributed by atoms with Gasteiger partial charge < -0.3 is 10.2 Å². The lowest BCUT2D eigenvalue weighted by molar-refractivity contribution is -0.139. The van der Waals surface area contributed by atoms with E-state index in [9.17, 15) is 4.79 Å². The standard InChI is InChI=1S/C8H14O3/c1-2-3-5-6(4-9)7(5)8(10)11/h5-7,9H,2-4H2,1H3,(H,10,11)/t5-,6-,7-/m0/s1. The Morgan fingerprint density at radius 1 is 1.45 bits per heavy atom. The third kappa shape index (κ3) is 1.53. The van der Waals surface area contributed by atoms with Crippen LogP contribution in [0.1, 0.15) is 19.8 Å². The molecule has 2 N–H and O–H groups in total. The van der Waals surface area contributed by atoms with Crippen LogP contribution in [0, 0.1) is 17.8 Å². The number of aliphatic hydroxyl groups excluding tert-OH is 1. The van der Waals surface area contributed by atoms with Crippen molar-refractivity contribution in [2.24, 2.45) is 17.8 Å². The van der Waals surface area contributed by atoms with E-state index in [0.717, 1.165) is 12.8 Å². The molecule has 0 aromatic rings. The van der Waals surface area contributed by atoms with Crippen molar-refractivity contribution in [3.05, 3.63) is 0 Å². The van der Waals surface area contributed by atoms with Crippen molar-refractivity contribution in [1.82, 2.24) is 0 Å². The average molecular weight is 158 g/mol. The van der Waals surface area contributed by atoms with Crippen LogP contribution in [0.15, 0.2) is 0 Å². The predicted octanol–water partition coefficient (Wildman–Crippen LogP) is 0.726. The molecule has 0 radical (unpaired) electrons. The van der Waals surface area contributed by atoms with Crippen molar-refractivity contribution >= 4 is 5.97 Å². The van der Waals surface area contributed by atoms with Crippen molar-refractivity contribution in [2.45, 2.75) is 19.8 Å². The first kappa shape index (κ1) is 8.53. The van der Waals surface area contributed by atoms with Crippen LogP contribution in [0.4, 0.5) is 0 Å². The van der Waals surface area contributed by atoms with Gasteiger partial charge in [0.25, 0.3) is 0 Å². The normalized spacial score (nSPS) is 35.3. The summed E-state index contributed by atoms with van der Waals surface area (Å²) in [6.45, 7) is 2.06.